The van der Waals surface area contributed by atoms with Gasteiger partial charge in [0.2, 0.25) is 11.8 Å². The lowest BCUT2D eigenvalue weighted by Gasteiger charge is -2.42. The fourth-order valence-corrected chi connectivity index (χ4v) is 3.72. The van der Waals surface area contributed by atoms with E-state index in [1.54, 1.807) is 4.90 Å². The molecule has 0 unspecified atom stereocenters. The van der Waals surface area contributed by atoms with Crippen molar-refractivity contribution in [3.63, 3.8) is 0 Å². The number of alkyl halides is 2. The molecule has 0 bridgehead atoms. The molecule has 0 N–H and O–H groups in total. The largest absolute Gasteiger partial charge is 0.376 e. The van der Waals surface area contributed by atoms with Crippen LogP contribution in [0.4, 0.5) is 8.78 Å². The Labute approximate surface area is 123 Å². The Morgan fingerprint density at radius 2 is 1.95 bits per heavy atom. The van der Waals surface area contributed by atoms with Crippen LogP contribution < -0.4 is 0 Å². The van der Waals surface area contributed by atoms with Gasteiger partial charge in [0.25, 0.3) is 0 Å². The van der Waals surface area contributed by atoms with Crippen molar-refractivity contribution in [2.75, 3.05) is 26.3 Å². The van der Waals surface area contributed by atoms with Crippen LogP contribution >= 0.6 is 0 Å². The summed E-state index contributed by atoms with van der Waals surface area (Å²) in [6.45, 7) is 4.50. The molecule has 3 aliphatic rings. The smallest absolute Gasteiger partial charge is 0.249 e. The average molecular weight is 303 g/mol. The zero-order valence-electron chi connectivity index (χ0n) is 12.4. The number of piperidine rings is 1. The van der Waals surface area contributed by atoms with Gasteiger partial charge in [0, 0.05) is 44.9 Å². The van der Waals surface area contributed by atoms with Gasteiger partial charge in [0.15, 0.2) is 0 Å². The van der Waals surface area contributed by atoms with Crippen molar-refractivity contribution in [1.82, 2.24) is 4.90 Å². The summed E-state index contributed by atoms with van der Waals surface area (Å²) in [6, 6.07) is 0. The van der Waals surface area contributed by atoms with Crippen LogP contribution in [0.15, 0.2) is 0 Å². The molecule has 21 heavy (non-hydrogen) atoms. The predicted molar refractivity (Wildman–Crippen MR) is 72.2 cm³/mol. The second-order valence-electron chi connectivity index (χ2n) is 6.56. The van der Waals surface area contributed by atoms with Crippen LogP contribution in [-0.2, 0) is 14.3 Å². The molecule has 3 rings (SSSR count). The Bertz CT molecular complexity index is 400. The van der Waals surface area contributed by atoms with E-state index in [1.165, 1.54) is 0 Å². The molecular weight excluding hydrogens is 280 g/mol. The van der Waals surface area contributed by atoms with Crippen molar-refractivity contribution in [2.24, 2.45) is 5.92 Å². The lowest BCUT2D eigenvalue weighted by atomic mass is 9.79. The molecule has 6 heteroatoms. The molecule has 4 nitrogen and oxygen atoms in total. The molecule has 1 spiro atoms. The molecule has 1 aliphatic carbocycles. The normalized spacial score (nSPS) is 31.4. The van der Waals surface area contributed by atoms with Crippen molar-refractivity contribution >= 4 is 5.91 Å². The van der Waals surface area contributed by atoms with Crippen LogP contribution in [0.1, 0.15) is 39.0 Å². The summed E-state index contributed by atoms with van der Waals surface area (Å²) in [6.07, 6.45) is 2.04. The number of hydrogen-bond acceptors (Lipinski definition) is 3. The third-order valence-electron chi connectivity index (χ3n) is 5.00. The minimum absolute atomic E-state index is 0.102. The van der Waals surface area contributed by atoms with Crippen molar-refractivity contribution in [3.05, 3.63) is 0 Å². The molecule has 1 amide bonds. The molecule has 0 radical (unpaired) electrons. The van der Waals surface area contributed by atoms with Gasteiger partial charge in [-0.3, -0.25) is 4.79 Å². The number of carbonyl (C=O) groups is 1. The fraction of sp³-hybridized carbons (Fsp3) is 0.933. The highest BCUT2D eigenvalue weighted by Crippen LogP contribution is 2.44. The van der Waals surface area contributed by atoms with Crippen LogP contribution in [0, 0.1) is 5.92 Å². The molecule has 3 fully saturated rings. The maximum Gasteiger partial charge on any atom is 0.249 e. The Hall–Kier alpha value is -0.750. The highest BCUT2D eigenvalue weighted by molar-refractivity contribution is 5.80. The highest BCUT2D eigenvalue weighted by Gasteiger charge is 2.51. The van der Waals surface area contributed by atoms with Gasteiger partial charge in [-0.2, -0.15) is 0 Å². The van der Waals surface area contributed by atoms with Crippen LogP contribution in [0.3, 0.4) is 0 Å². The first-order chi connectivity index (χ1) is 9.93. The number of halogens is 2. The van der Waals surface area contributed by atoms with Gasteiger partial charge in [-0.05, 0) is 19.8 Å². The van der Waals surface area contributed by atoms with Gasteiger partial charge in [0.1, 0.15) is 0 Å². The first kappa shape index (κ1) is 15.2. The van der Waals surface area contributed by atoms with Gasteiger partial charge in [0.05, 0.1) is 18.3 Å². The molecule has 0 aromatic rings. The van der Waals surface area contributed by atoms with Gasteiger partial charge < -0.3 is 14.4 Å². The standard InChI is InChI=1S/C15H23F2NO3/c1-2-20-12-9-14(21-10-12)3-5-18(6-4-14)13(19)11-7-15(16,17)8-11/h11-12H,2-10H2,1H3/t12-/m1/s1. The number of likely N-dealkylation sites (tertiary alicyclic amines) is 1. The summed E-state index contributed by atoms with van der Waals surface area (Å²) >= 11 is 0. The van der Waals surface area contributed by atoms with Gasteiger partial charge in [-0.15, -0.1) is 0 Å². The van der Waals surface area contributed by atoms with E-state index in [0.717, 1.165) is 19.3 Å². The summed E-state index contributed by atoms with van der Waals surface area (Å²) in [5, 5.41) is 0. The molecule has 2 saturated heterocycles. The second kappa shape index (κ2) is 5.47. The van der Waals surface area contributed by atoms with Crippen molar-refractivity contribution < 1.29 is 23.0 Å². The van der Waals surface area contributed by atoms with E-state index in [2.05, 4.69) is 0 Å². The first-order valence-electron chi connectivity index (χ1n) is 7.85. The molecule has 0 aromatic carbocycles. The van der Waals surface area contributed by atoms with Crippen molar-refractivity contribution in [1.29, 1.82) is 0 Å². The van der Waals surface area contributed by atoms with Gasteiger partial charge >= 0.3 is 0 Å². The molecule has 2 heterocycles. The predicted octanol–water partition coefficient (Wildman–Crippen LogP) is 2.22. The van der Waals surface area contributed by atoms with Gasteiger partial charge in [-0.25, -0.2) is 8.78 Å². The number of hydrogen-bond donors (Lipinski definition) is 0. The average Bonchev–Trinajstić information content (AvgIpc) is 2.80. The maximum absolute atomic E-state index is 12.9. The quantitative estimate of drug-likeness (QED) is 0.802. The fourth-order valence-electron chi connectivity index (χ4n) is 3.72. The van der Waals surface area contributed by atoms with Gasteiger partial charge in [-0.1, -0.05) is 0 Å². The summed E-state index contributed by atoms with van der Waals surface area (Å²) in [7, 11) is 0. The monoisotopic (exact) mass is 303 g/mol. The molecule has 2 aliphatic heterocycles. The Morgan fingerprint density at radius 1 is 1.29 bits per heavy atom. The van der Waals surface area contributed by atoms with Crippen LogP contribution in [0.2, 0.25) is 0 Å². The van der Waals surface area contributed by atoms with E-state index in [0.29, 0.717) is 26.3 Å². The SMILES string of the molecule is CCO[C@H]1COC2(CCN(C(=O)C3CC(F)(F)C3)CC2)C1. The van der Waals surface area contributed by atoms with Crippen molar-refractivity contribution in [2.45, 2.75) is 56.7 Å². The van der Waals surface area contributed by atoms with Crippen molar-refractivity contribution in [3.8, 4) is 0 Å². The molecule has 120 valence electrons. The van der Waals surface area contributed by atoms with E-state index in [1.807, 2.05) is 6.92 Å². The van der Waals surface area contributed by atoms with E-state index in [4.69, 9.17) is 9.47 Å². The molecule has 0 aromatic heterocycles. The number of carbonyl (C=O) groups excluding carboxylic acids is 1. The number of amides is 1. The lowest BCUT2D eigenvalue weighted by Crippen LogP contribution is -2.52. The molecular formula is C15H23F2NO3. The Morgan fingerprint density at radius 3 is 2.52 bits per heavy atom. The topological polar surface area (TPSA) is 38.8 Å². The van der Waals surface area contributed by atoms with E-state index in [-0.39, 0.29) is 30.5 Å². The first-order valence-corrected chi connectivity index (χ1v) is 7.85. The zero-order valence-corrected chi connectivity index (χ0v) is 12.4. The van der Waals surface area contributed by atoms with Crippen LogP contribution in [0.5, 0.6) is 0 Å². The zero-order chi connectivity index (χ0) is 15.1. The maximum atomic E-state index is 12.9. The second-order valence-corrected chi connectivity index (χ2v) is 6.56. The third-order valence-corrected chi connectivity index (χ3v) is 5.00. The number of ether oxygens (including phenoxy) is 2. The Kier molecular flexibility index (Phi) is 3.94. The minimum atomic E-state index is -2.63. The van der Waals surface area contributed by atoms with E-state index < -0.39 is 11.8 Å². The third kappa shape index (κ3) is 3.06. The lowest BCUT2D eigenvalue weighted by molar-refractivity contribution is -0.163. The summed E-state index contributed by atoms with van der Waals surface area (Å²) in [5.41, 5.74) is -0.167. The van der Waals surface area contributed by atoms with Crippen LogP contribution in [-0.4, -0.2) is 54.7 Å². The summed E-state index contributed by atoms with van der Waals surface area (Å²) in [5.74, 6) is -3.21. The minimum Gasteiger partial charge on any atom is -0.376 e. The van der Waals surface area contributed by atoms with E-state index >= 15 is 0 Å². The summed E-state index contributed by atoms with van der Waals surface area (Å²) in [4.78, 5) is 13.9. The molecule has 1 atom stereocenters. The van der Waals surface area contributed by atoms with Crippen LogP contribution in [0.25, 0.3) is 0 Å². The number of nitrogens with zero attached hydrogens (tertiary/aromatic N) is 1. The Balaban J connectivity index is 1.48. The highest BCUT2D eigenvalue weighted by atomic mass is 19.3. The summed E-state index contributed by atoms with van der Waals surface area (Å²) < 4.78 is 37.3. The molecule has 1 saturated carbocycles. The van der Waals surface area contributed by atoms with E-state index in [9.17, 15) is 13.6 Å². The number of rotatable bonds is 3.